The maximum atomic E-state index is 11.7. The van der Waals surface area contributed by atoms with E-state index in [1.807, 2.05) is 0 Å². The van der Waals surface area contributed by atoms with Gasteiger partial charge in [-0.15, -0.1) is 4.33 Å². The fraction of sp³-hybridized carbons (Fsp3) is 0.500. The number of alkyl halides is 1. The summed E-state index contributed by atoms with van der Waals surface area (Å²) in [6, 6.07) is 5.86. The van der Waals surface area contributed by atoms with Gasteiger partial charge in [0.2, 0.25) is 0 Å². The van der Waals surface area contributed by atoms with Gasteiger partial charge in [-0.25, -0.2) is 4.89 Å². The fourth-order valence-corrected chi connectivity index (χ4v) is 3.36. The Hall–Kier alpha value is -1.00. The van der Waals surface area contributed by atoms with Crippen LogP contribution in [0, 0.1) is 10.1 Å². The molecule has 0 bridgehead atoms. The monoisotopic (exact) mass is 475 g/mol. The first-order chi connectivity index (χ1) is 12.3. The Kier molecular flexibility index (Phi) is 7.60. The minimum Gasteiger partial charge on any atom is -0.382 e. The molecule has 0 spiro atoms. The van der Waals surface area contributed by atoms with Crippen molar-refractivity contribution in [2.75, 3.05) is 25.4 Å². The Balaban J connectivity index is 1.89. The Morgan fingerprint density at radius 2 is 1.96 bits per heavy atom. The van der Waals surface area contributed by atoms with Crippen molar-refractivity contribution in [2.45, 2.75) is 10.7 Å². The van der Waals surface area contributed by atoms with Crippen molar-refractivity contribution in [2.24, 2.45) is 0 Å². The molecule has 1 aromatic carbocycles. The highest BCUT2D eigenvalue weighted by molar-refractivity contribution is 9.10. The average molecular weight is 476 g/mol. The number of benzene rings is 1. The summed E-state index contributed by atoms with van der Waals surface area (Å²) < 4.78 is 41.9. The highest BCUT2D eigenvalue weighted by Crippen LogP contribution is 2.32. The molecule has 0 unspecified atom stereocenters. The van der Waals surface area contributed by atoms with Gasteiger partial charge in [0.25, 0.3) is 0 Å². The lowest BCUT2D eigenvalue weighted by atomic mass is 10.2. The summed E-state index contributed by atoms with van der Waals surface area (Å²) in [4.78, 5) is 14.5. The van der Waals surface area contributed by atoms with E-state index in [9.17, 15) is 18.5 Å². The van der Waals surface area contributed by atoms with E-state index in [-0.39, 0.29) is 19.0 Å². The molecule has 0 saturated carbocycles. The molecule has 0 aromatic heterocycles. The third kappa shape index (κ3) is 6.02. The maximum Gasteiger partial charge on any atom is 0.321 e. The van der Waals surface area contributed by atoms with Crippen molar-refractivity contribution in [1.29, 1.82) is 0 Å². The van der Waals surface area contributed by atoms with Crippen LogP contribution in [-0.2, 0) is 33.9 Å². The van der Waals surface area contributed by atoms with E-state index in [1.54, 1.807) is 0 Å². The molecule has 1 aliphatic heterocycles. The molecule has 0 aliphatic carbocycles. The van der Waals surface area contributed by atoms with E-state index in [0.717, 1.165) is 0 Å². The van der Waals surface area contributed by atoms with Crippen LogP contribution in [0.2, 0.25) is 0 Å². The first kappa shape index (κ1) is 21.3. The molecular formula is C12H14BrNO10S2. The van der Waals surface area contributed by atoms with Crippen molar-refractivity contribution in [3.05, 3.63) is 39.9 Å². The van der Waals surface area contributed by atoms with Crippen LogP contribution >= 0.6 is 28.0 Å². The summed E-state index contributed by atoms with van der Waals surface area (Å²) in [5.74, 6) is 0.0675. The highest BCUT2D eigenvalue weighted by atomic mass is 79.9. The molecule has 146 valence electrons. The van der Waals surface area contributed by atoms with Gasteiger partial charge in [-0.2, -0.15) is 8.42 Å². The SMILES string of the molecule is COOOSCS(=O)(=O)Oc1ccc(C2OCC(Br)([N+](=O)[O-])CO2)cc1. The number of nitro groups is 1. The summed E-state index contributed by atoms with van der Waals surface area (Å²) in [5, 5.41) is 14.4. The lowest BCUT2D eigenvalue weighted by molar-refractivity contribution is -0.557. The zero-order chi connectivity index (χ0) is 19.2. The largest absolute Gasteiger partial charge is 0.382 e. The normalized spacial score (nSPS) is 23.5. The first-order valence-corrected chi connectivity index (χ1v) is 10.1. The topological polar surface area (TPSA) is 133 Å². The van der Waals surface area contributed by atoms with Crippen molar-refractivity contribution in [1.82, 2.24) is 0 Å². The van der Waals surface area contributed by atoms with Gasteiger partial charge in [-0.1, -0.05) is 17.2 Å². The molecule has 1 fully saturated rings. The van der Waals surface area contributed by atoms with Crippen molar-refractivity contribution >= 4 is 38.1 Å². The third-order valence-electron chi connectivity index (χ3n) is 2.95. The highest BCUT2D eigenvalue weighted by Gasteiger charge is 2.45. The van der Waals surface area contributed by atoms with Gasteiger partial charge in [0.15, 0.2) is 11.4 Å². The molecule has 0 atom stereocenters. The molecule has 0 radical (unpaired) electrons. The van der Waals surface area contributed by atoms with Gasteiger partial charge in [0.05, 0.1) is 19.2 Å². The maximum absolute atomic E-state index is 11.7. The summed E-state index contributed by atoms with van der Waals surface area (Å²) in [6.07, 6.45) is -0.804. The van der Waals surface area contributed by atoms with Gasteiger partial charge in [-0.3, -0.25) is 10.1 Å². The van der Waals surface area contributed by atoms with E-state index < -0.39 is 30.9 Å². The zero-order valence-electron chi connectivity index (χ0n) is 13.2. The molecule has 1 aromatic rings. The van der Waals surface area contributed by atoms with Crippen LogP contribution in [0.5, 0.6) is 5.75 Å². The van der Waals surface area contributed by atoms with Crippen molar-refractivity contribution in [3.8, 4) is 5.75 Å². The Morgan fingerprint density at radius 1 is 1.35 bits per heavy atom. The second-order valence-electron chi connectivity index (χ2n) is 4.88. The van der Waals surface area contributed by atoms with Crippen LogP contribution in [0.3, 0.4) is 0 Å². The summed E-state index contributed by atoms with van der Waals surface area (Å²) in [7, 11) is -2.72. The van der Waals surface area contributed by atoms with E-state index in [4.69, 9.17) is 13.7 Å². The van der Waals surface area contributed by atoms with E-state index in [0.29, 0.717) is 17.6 Å². The minimum absolute atomic E-state index is 0.0675. The Bertz CT molecular complexity index is 705. The number of rotatable bonds is 9. The van der Waals surface area contributed by atoms with Crippen molar-refractivity contribution in [3.63, 3.8) is 0 Å². The summed E-state index contributed by atoms with van der Waals surface area (Å²) in [6.45, 7) is -0.365. The molecule has 14 heteroatoms. The van der Waals surface area contributed by atoms with E-state index in [2.05, 4.69) is 30.2 Å². The van der Waals surface area contributed by atoms with Gasteiger partial charge >= 0.3 is 14.6 Å². The third-order valence-corrected chi connectivity index (χ3v) is 5.84. The number of hydrogen-bond donors (Lipinski definition) is 0. The smallest absolute Gasteiger partial charge is 0.321 e. The van der Waals surface area contributed by atoms with Gasteiger partial charge in [0.1, 0.15) is 19.0 Å². The molecule has 26 heavy (non-hydrogen) atoms. The van der Waals surface area contributed by atoms with Crippen LogP contribution < -0.4 is 4.18 Å². The van der Waals surface area contributed by atoms with Crippen LogP contribution in [0.4, 0.5) is 0 Å². The number of hydrogen-bond acceptors (Lipinski definition) is 11. The van der Waals surface area contributed by atoms with Crippen LogP contribution in [0.25, 0.3) is 0 Å². The average Bonchev–Trinajstić information content (AvgIpc) is 2.60. The molecule has 11 nitrogen and oxygen atoms in total. The molecule has 0 N–H and O–H groups in total. The molecular weight excluding hydrogens is 462 g/mol. The van der Waals surface area contributed by atoms with Crippen LogP contribution in [0.15, 0.2) is 24.3 Å². The van der Waals surface area contributed by atoms with Gasteiger partial charge < -0.3 is 13.7 Å². The van der Waals surface area contributed by atoms with Crippen molar-refractivity contribution < 1.29 is 41.3 Å². The van der Waals surface area contributed by atoms with E-state index in [1.165, 1.54) is 31.4 Å². The molecule has 2 rings (SSSR count). The predicted octanol–water partition coefficient (Wildman–Crippen LogP) is 1.92. The lowest BCUT2D eigenvalue weighted by Crippen LogP contribution is -2.46. The fourth-order valence-electron chi connectivity index (χ4n) is 1.77. The summed E-state index contributed by atoms with van der Waals surface area (Å²) >= 11 is 3.44. The van der Waals surface area contributed by atoms with Crippen LogP contribution in [0.1, 0.15) is 11.9 Å². The Morgan fingerprint density at radius 3 is 2.50 bits per heavy atom. The molecule has 1 saturated heterocycles. The summed E-state index contributed by atoms with van der Waals surface area (Å²) in [5.41, 5.74) is 0.554. The number of nitrogens with zero attached hydrogens (tertiary/aromatic N) is 1. The standard InChI is InChI=1S/C12H14BrNO10S2/c1-19-23-24-25-8-26(17,18)22-10-4-2-9(3-5-10)11-20-6-12(13,7-21-11)14(15)16/h2-5,11H,6-8H2,1H3. The minimum atomic E-state index is -3.92. The number of ether oxygens (including phenoxy) is 2. The number of halogens is 1. The van der Waals surface area contributed by atoms with E-state index >= 15 is 0 Å². The van der Waals surface area contributed by atoms with Gasteiger partial charge in [0, 0.05) is 26.4 Å². The molecule has 1 heterocycles. The Labute approximate surface area is 161 Å². The lowest BCUT2D eigenvalue weighted by Gasteiger charge is -2.30. The molecule has 0 amide bonds. The second-order valence-corrected chi connectivity index (χ2v) is 8.95. The zero-order valence-corrected chi connectivity index (χ0v) is 16.5. The quantitative estimate of drug-likeness (QED) is 0.0757. The first-order valence-electron chi connectivity index (χ1n) is 6.83. The van der Waals surface area contributed by atoms with Crippen LogP contribution in [-0.4, -0.2) is 43.2 Å². The van der Waals surface area contributed by atoms with Gasteiger partial charge in [-0.05, 0) is 12.1 Å². The molecule has 1 aliphatic rings. The second kappa shape index (κ2) is 9.27. The predicted molar refractivity (Wildman–Crippen MR) is 90.9 cm³/mol.